The van der Waals surface area contributed by atoms with E-state index in [-0.39, 0.29) is 0 Å². The van der Waals surface area contributed by atoms with Gasteiger partial charge in [-0.15, -0.1) is 0 Å². The first kappa shape index (κ1) is 45.0. The van der Waals surface area contributed by atoms with Gasteiger partial charge >= 0.3 is 41.8 Å². The maximum absolute atomic E-state index is 13.5. The third-order valence-corrected chi connectivity index (χ3v) is 8.66. The Balaban J connectivity index is 1.76. The maximum atomic E-state index is 13.5. The number of hydrogen-bond donors (Lipinski definition) is 0. The normalized spacial score (nSPS) is 26.8. The van der Waals surface area contributed by atoms with Gasteiger partial charge < -0.3 is 47.4 Å². The molecular formula is C40H46O18. The number of rotatable bonds is 15. The Morgan fingerprint density at radius 1 is 0.517 bits per heavy atom. The molecule has 58 heavy (non-hydrogen) atoms. The lowest BCUT2D eigenvalue weighted by Crippen LogP contribution is -2.67. The molecule has 2 fully saturated rings. The third-order valence-electron chi connectivity index (χ3n) is 8.66. The predicted molar refractivity (Wildman–Crippen MR) is 196 cm³/mol. The third kappa shape index (κ3) is 12.9. The fourth-order valence-corrected chi connectivity index (χ4v) is 6.53. The number of ether oxygens (including phenoxy) is 10. The molecule has 2 saturated heterocycles. The SMILES string of the molecule is CC(=O)OC[C@H]1O[C@@H](CC(=O)/C=C/c2ccc3ccccc3c2)[C@H](OC(C)=O)[C@@H](OC(C)=O)[C@@H]1O[C@@H]1O[C@H](COC(C)=O)[C@@H](OC(C)=O)[C@H](OC(C)=O)[C@H]1OC(C)=O. The summed E-state index contributed by atoms with van der Waals surface area (Å²) in [6, 6.07) is 13.3. The summed E-state index contributed by atoms with van der Waals surface area (Å²) < 4.78 is 56.8. The van der Waals surface area contributed by atoms with Gasteiger partial charge in [0.2, 0.25) is 0 Å². The molecule has 10 atom stereocenters. The lowest BCUT2D eigenvalue weighted by Gasteiger charge is -2.48. The molecule has 0 amide bonds. The van der Waals surface area contributed by atoms with Crippen LogP contribution in [-0.2, 0) is 85.7 Å². The van der Waals surface area contributed by atoms with Crippen LogP contribution < -0.4 is 0 Å². The zero-order chi connectivity index (χ0) is 42.7. The van der Waals surface area contributed by atoms with Crippen LogP contribution in [0.2, 0.25) is 0 Å². The molecule has 2 aromatic rings. The van der Waals surface area contributed by atoms with E-state index in [0.29, 0.717) is 0 Å². The van der Waals surface area contributed by atoms with Gasteiger partial charge in [0, 0.05) is 54.9 Å². The van der Waals surface area contributed by atoms with Crippen molar-refractivity contribution in [3.8, 4) is 0 Å². The average Bonchev–Trinajstić information content (AvgIpc) is 3.12. The first-order valence-electron chi connectivity index (χ1n) is 18.2. The van der Waals surface area contributed by atoms with Crippen LogP contribution in [0.4, 0.5) is 0 Å². The lowest BCUT2D eigenvalue weighted by atomic mass is 9.91. The van der Waals surface area contributed by atoms with E-state index >= 15 is 0 Å². The molecule has 0 aromatic heterocycles. The molecule has 2 aliphatic heterocycles. The van der Waals surface area contributed by atoms with Gasteiger partial charge in [0.25, 0.3) is 0 Å². The molecule has 18 nitrogen and oxygen atoms in total. The summed E-state index contributed by atoms with van der Waals surface area (Å²) in [4.78, 5) is 99.7. The quantitative estimate of drug-likeness (QED) is 0.143. The van der Waals surface area contributed by atoms with Crippen LogP contribution in [0.5, 0.6) is 0 Å². The number of esters is 7. The molecule has 18 heteroatoms. The van der Waals surface area contributed by atoms with Crippen LogP contribution in [-0.4, -0.2) is 122 Å². The number of allylic oxidation sites excluding steroid dienone is 1. The van der Waals surface area contributed by atoms with Gasteiger partial charge in [-0.25, -0.2) is 0 Å². The van der Waals surface area contributed by atoms with Crippen molar-refractivity contribution < 1.29 is 85.7 Å². The summed E-state index contributed by atoms with van der Waals surface area (Å²) in [5.41, 5.74) is 0.719. The second kappa shape index (κ2) is 20.6. The van der Waals surface area contributed by atoms with E-state index in [2.05, 4.69) is 0 Å². The largest absolute Gasteiger partial charge is 0.463 e. The van der Waals surface area contributed by atoms with Crippen LogP contribution in [0.1, 0.15) is 60.5 Å². The van der Waals surface area contributed by atoms with Gasteiger partial charge in [-0.2, -0.15) is 0 Å². The number of carbonyl (C=O) groups excluding carboxylic acids is 8. The predicted octanol–water partition coefficient (Wildman–Crippen LogP) is 2.47. The first-order chi connectivity index (χ1) is 27.4. The highest BCUT2D eigenvalue weighted by Gasteiger charge is 2.57. The van der Waals surface area contributed by atoms with Crippen LogP contribution in [0.25, 0.3) is 16.8 Å². The van der Waals surface area contributed by atoms with E-state index in [4.69, 9.17) is 47.4 Å². The Labute approximate surface area is 333 Å². The van der Waals surface area contributed by atoms with Gasteiger partial charge in [0.15, 0.2) is 42.6 Å². The number of fused-ring (bicyclic) bond motifs is 1. The Hall–Kier alpha value is -5.72. The van der Waals surface area contributed by atoms with Crippen molar-refractivity contribution in [1.82, 2.24) is 0 Å². The Morgan fingerprint density at radius 2 is 0.983 bits per heavy atom. The summed E-state index contributed by atoms with van der Waals surface area (Å²) in [6.45, 7) is 6.28. The van der Waals surface area contributed by atoms with Gasteiger partial charge in [-0.1, -0.05) is 42.5 Å². The number of benzene rings is 2. The summed E-state index contributed by atoms with van der Waals surface area (Å²) in [6.07, 6.45) is -13.2. The van der Waals surface area contributed by atoms with E-state index in [1.54, 1.807) is 6.08 Å². The minimum atomic E-state index is -1.83. The Morgan fingerprint density at radius 3 is 1.52 bits per heavy atom. The molecule has 0 N–H and O–H groups in total. The van der Waals surface area contributed by atoms with Gasteiger partial charge in [0.1, 0.15) is 37.6 Å². The number of hydrogen-bond acceptors (Lipinski definition) is 18. The van der Waals surface area contributed by atoms with Crippen molar-refractivity contribution in [2.75, 3.05) is 13.2 Å². The standard InChI is InChI=1S/C40H46O18/c1-20(41)49-18-32-36(58-40-39(55-26(7)47)38(54-25(6)46)35(52-23(4)44)33(57-40)19-50-21(2)42)37(53-24(5)45)34(51-22(3)43)31(56-32)17-30(48)15-13-27-12-14-28-10-8-9-11-29(28)16-27/h8-16,31-40H,17-19H2,1-7H3/b15-13+/t31-,32+,33+,34-,35+,36+,37+,38-,39+,40-/m0/s1. The van der Waals surface area contributed by atoms with Crippen molar-refractivity contribution in [2.45, 2.75) is 116 Å². The van der Waals surface area contributed by atoms with Crippen LogP contribution >= 0.6 is 0 Å². The molecule has 0 saturated carbocycles. The molecule has 0 unspecified atom stereocenters. The summed E-state index contributed by atoms with van der Waals surface area (Å²) >= 11 is 0. The monoisotopic (exact) mass is 814 g/mol. The molecule has 2 heterocycles. The maximum Gasteiger partial charge on any atom is 0.303 e. The van der Waals surface area contributed by atoms with Crippen molar-refractivity contribution in [3.63, 3.8) is 0 Å². The first-order valence-corrected chi connectivity index (χ1v) is 18.2. The molecule has 4 rings (SSSR count). The second-order valence-corrected chi connectivity index (χ2v) is 13.4. The van der Waals surface area contributed by atoms with Crippen molar-refractivity contribution >= 4 is 64.4 Å². The van der Waals surface area contributed by atoms with Crippen molar-refractivity contribution in [3.05, 3.63) is 54.1 Å². The highest BCUT2D eigenvalue weighted by Crippen LogP contribution is 2.36. The van der Waals surface area contributed by atoms with E-state index in [9.17, 15) is 38.4 Å². The number of carbonyl (C=O) groups is 8. The molecule has 0 aliphatic carbocycles. The molecular weight excluding hydrogens is 768 g/mol. The zero-order valence-electron chi connectivity index (χ0n) is 32.9. The molecule has 0 bridgehead atoms. The van der Waals surface area contributed by atoms with Crippen molar-refractivity contribution in [1.29, 1.82) is 0 Å². The van der Waals surface area contributed by atoms with E-state index in [1.165, 1.54) is 6.08 Å². The summed E-state index contributed by atoms with van der Waals surface area (Å²) in [5, 5.41) is 1.95. The Kier molecular flexibility index (Phi) is 16.0. The number of ketones is 1. The van der Waals surface area contributed by atoms with Crippen LogP contribution in [0, 0.1) is 0 Å². The summed E-state index contributed by atoms with van der Waals surface area (Å²) in [7, 11) is 0. The van der Waals surface area contributed by atoms with Gasteiger partial charge in [-0.05, 0) is 28.5 Å². The molecule has 2 aliphatic rings. The molecule has 0 radical (unpaired) electrons. The van der Waals surface area contributed by atoms with Gasteiger partial charge in [-0.3, -0.25) is 38.4 Å². The smallest absolute Gasteiger partial charge is 0.303 e. The van der Waals surface area contributed by atoms with E-state index in [0.717, 1.165) is 64.8 Å². The Bertz CT molecular complexity index is 1890. The summed E-state index contributed by atoms with van der Waals surface area (Å²) in [5.74, 6) is -6.47. The molecule has 2 aromatic carbocycles. The van der Waals surface area contributed by atoms with Crippen LogP contribution in [0.3, 0.4) is 0 Å². The van der Waals surface area contributed by atoms with E-state index in [1.807, 2.05) is 42.5 Å². The van der Waals surface area contributed by atoms with Crippen molar-refractivity contribution in [2.24, 2.45) is 0 Å². The second-order valence-electron chi connectivity index (χ2n) is 13.4. The fourth-order valence-electron chi connectivity index (χ4n) is 6.53. The lowest BCUT2D eigenvalue weighted by molar-refractivity contribution is -0.344. The minimum absolute atomic E-state index is 0.428. The van der Waals surface area contributed by atoms with E-state index < -0.39 is 128 Å². The molecule has 0 spiro atoms. The highest BCUT2D eigenvalue weighted by molar-refractivity contribution is 5.95. The van der Waals surface area contributed by atoms with Crippen LogP contribution in [0.15, 0.2) is 48.5 Å². The average molecular weight is 815 g/mol. The van der Waals surface area contributed by atoms with Gasteiger partial charge in [0.05, 0.1) is 0 Å². The topological polar surface area (TPSA) is 229 Å². The zero-order valence-corrected chi connectivity index (χ0v) is 32.9. The highest BCUT2D eigenvalue weighted by atomic mass is 16.8. The minimum Gasteiger partial charge on any atom is -0.463 e. The molecule has 314 valence electrons. The fraction of sp³-hybridized carbons (Fsp3) is 0.500.